The summed E-state index contributed by atoms with van der Waals surface area (Å²) in [4.78, 5) is 9.11. The molecule has 2 nitrogen and oxygen atoms in total. The summed E-state index contributed by atoms with van der Waals surface area (Å²) in [6.45, 7) is 4.30. The Kier molecular flexibility index (Phi) is 2.56. The van der Waals surface area contributed by atoms with Gasteiger partial charge in [-0.2, -0.15) is 0 Å². The average molecular weight is 242 g/mol. The van der Waals surface area contributed by atoms with E-state index in [0.29, 0.717) is 0 Å². The molecule has 0 radical (unpaired) electrons. The number of aromatic nitrogens is 2. The van der Waals surface area contributed by atoms with Crippen LogP contribution >= 0.6 is 11.3 Å². The van der Waals surface area contributed by atoms with Crippen molar-refractivity contribution in [2.45, 2.75) is 26.7 Å². The number of pyridine rings is 1. The molecule has 0 fully saturated rings. The Labute approximate surface area is 104 Å². The number of fused-ring (bicyclic) bond motifs is 3. The molecule has 0 unspecified atom stereocenters. The minimum atomic E-state index is 1.04. The van der Waals surface area contributed by atoms with Gasteiger partial charge < -0.3 is 0 Å². The molecule has 86 valence electrons. The van der Waals surface area contributed by atoms with E-state index in [2.05, 4.69) is 42.0 Å². The SMILES string of the molecule is CCCc1nc2cnc3ccc(C)cc3c2s1. The highest BCUT2D eigenvalue weighted by Gasteiger charge is 2.07. The number of benzene rings is 1. The number of hydrogen-bond acceptors (Lipinski definition) is 3. The minimum absolute atomic E-state index is 1.04. The second-order valence-electron chi connectivity index (χ2n) is 4.35. The van der Waals surface area contributed by atoms with E-state index in [-0.39, 0.29) is 0 Å². The molecule has 0 aliphatic heterocycles. The Balaban J connectivity index is 2.33. The van der Waals surface area contributed by atoms with Gasteiger partial charge in [0.15, 0.2) is 0 Å². The van der Waals surface area contributed by atoms with Gasteiger partial charge in [0.25, 0.3) is 0 Å². The Bertz CT molecular complexity index is 685. The zero-order chi connectivity index (χ0) is 11.8. The van der Waals surface area contributed by atoms with E-state index in [4.69, 9.17) is 0 Å². The topological polar surface area (TPSA) is 25.8 Å². The standard InChI is InChI=1S/C14H14N2S/c1-3-4-13-16-12-8-15-11-6-5-9(2)7-10(11)14(12)17-13/h5-8H,3-4H2,1-2H3. The third kappa shape index (κ3) is 1.80. The van der Waals surface area contributed by atoms with Crippen LogP contribution in [-0.2, 0) is 6.42 Å². The van der Waals surface area contributed by atoms with E-state index in [1.807, 2.05) is 17.5 Å². The summed E-state index contributed by atoms with van der Waals surface area (Å²) in [5.74, 6) is 0. The van der Waals surface area contributed by atoms with E-state index in [0.717, 1.165) is 23.9 Å². The summed E-state index contributed by atoms with van der Waals surface area (Å²) >= 11 is 1.81. The highest BCUT2D eigenvalue weighted by molar-refractivity contribution is 7.19. The van der Waals surface area contributed by atoms with Gasteiger partial charge >= 0.3 is 0 Å². The predicted octanol–water partition coefficient (Wildman–Crippen LogP) is 4.11. The highest BCUT2D eigenvalue weighted by atomic mass is 32.1. The summed E-state index contributed by atoms with van der Waals surface area (Å²) in [6, 6.07) is 6.40. The third-order valence-corrected chi connectivity index (χ3v) is 4.05. The van der Waals surface area contributed by atoms with Crippen molar-refractivity contribution in [2.75, 3.05) is 0 Å². The van der Waals surface area contributed by atoms with Gasteiger partial charge in [-0.25, -0.2) is 4.98 Å². The Morgan fingerprint density at radius 1 is 1.24 bits per heavy atom. The first-order valence-corrected chi connectivity index (χ1v) is 6.74. The summed E-state index contributed by atoms with van der Waals surface area (Å²) in [6.07, 6.45) is 4.10. The molecule has 0 aliphatic rings. The molecule has 0 bridgehead atoms. The first kappa shape index (κ1) is 10.7. The molecule has 0 N–H and O–H groups in total. The maximum absolute atomic E-state index is 4.64. The van der Waals surface area contributed by atoms with E-state index in [9.17, 15) is 0 Å². The molecule has 2 heterocycles. The first-order chi connectivity index (χ1) is 8.28. The van der Waals surface area contributed by atoms with Crippen molar-refractivity contribution >= 4 is 32.5 Å². The van der Waals surface area contributed by atoms with Crippen LogP contribution in [0, 0.1) is 6.92 Å². The quantitative estimate of drug-likeness (QED) is 0.676. The van der Waals surface area contributed by atoms with Crippen molar-refractivity contribution < 1.29 is 0 Å². The molecule has 0 atom stereocenters. The normalized spacial score (nSPS) is 11.4. The molecule has 3 heteroatoms. The predicted molar refractivity (Wildman–Crippen MR) is 73.7 cm³/mol. The lowest BCUT2D eigenvalue weighted by atomic mass is 10.1. The number of rotatable bonds is 2. The molecule has 3 aromatic rings. The molecule has 0 saturated heterocycles. The number of nitrogens with zero attached hydrogens (tertiary/aromatic N) is 2. The maximum Gasteiger partial charge on any atom is 0.100 e. The van der Waals surface area contributed by atoms with E-state index < -0.39 is 0 Å². The van der Waals surface area contributed by atoms with Gasteiger partial charge in [0, 0.05) is 5.39 Å². The summed E-state index contributed by atoms with van der Waals surface area (Å²) in [5.41, 5.74) is 3.38. The van der Waals surface area contributed by atoms with Crippen LogP contribution < -0.4 is 0 Å². The van der Waals surface area contributed by atoms with Gasteiger partial charge in [-0.1, -0.05) is 18.6 Å². The second kappa shape index (κ2) is 4.08. The van der Waals surface area contributed by atoms with Crippen molar-refractivity contribution in [3.8, 4) is 0 Å². The van der Waals surface area contributed by atoms with Gasteiger partial charge in [-0.05, 0) is 31.9 Å². The van der Waals surface area contributed by atoms with Crippen molar-refractivity contribution in [1.82, 2.24) is 9.97 Å². The first-order valence-electron chi connectivity index (χ1n) is 5.92. The Morgan fingerprint density at radius 3 is 2.94 bits per heavy atom. The zero-order valence-electron chi connectivity index (χ0n) is 10.0. The van der Waals surface area contributed by atoms with Crippen LogP contribution in [0.1, 0.15) is 23.9 Å². The zero-order valence-corrected chi connectivity index (χ0v) is 10.8. The molecular weight excluding hydrogens is 228 g/mol. The van der Waals surface area contributed by atoms with E-state index >= 15 is 0 Å². The Hall–Kier alpha value is -1.48. The fourth-order valence-corrected chi connectivity index (χ4v) is 3.22. The lowest BCUT2D eigenvalue weighted by Gasteiger charge is -1.98. The smallest absolute Gasteiger partial charge is 0.100 e. The van der Waals surface area contributed by atoms with Gasteiger partial charge in [-0.15, -0.1) is 11.3 Å². The van der Waals surface area contributed by atoms with E-state index in [1.165, 1.54) is 20.7 Å². The van der Waals surface area contributed by atoms with Crippen LogP contribution in [0.4, 0.5) is 0 Å². The van der Waals surface area contributed by atoms with Gasteiger partial charge in [0.1, 0.15) is 5.52 Å². The van der Waals surface area contributed by atoms with Crippen molar-refractivity contribution in [2.24, 2.45) is 0 Å². The molecule has 0 amide bonds. The highest BCUT2D eigenvalue weighted by Crippen LogP contribution is 2.29. The maximum atomic E-state index is 4.64. The molecule has 17 heavy (non-hydrogen) atoms. The Morgan fingerprint density at radius 2 is 2.12 bits per heavy atom. The summed E-state index contributed by atoms with van der Waals surface area (Å²) < 4.78 is 1.28. The molecule has 1 aromatic carbocycles. The lowest BCUT2D eigenvalue weighted by molar-refractivity contribution is 0.912. The monoisotopic (exact) mass is 242 g/mol. The molecular formula is C14H14N2S. The molecule has 0 aliphatic carbocycles. The molecule has 0 saturated carbocycles. The third-order valence-electron chi connectivity index (χ3n) is 2.88. The van der Waals surface area contributed by atoms with Crippen LogP contribution in [0.3, 0.4) is 0 Å². The number of hydrogen-bond donors (Lipinski definition) is 0. The van der Waals surface area contributed by atoms with E-state index in [1.54, 1.807) is 0 Å². The second-order valence-corrected chi connectivity index (χ2v) is 5.43. The number of aryl methyl sites for hydroxylation is 2. The molecule has 0 spiro atoms. The fourth-order valence-electron chi connectivity index (χ4n) is 2.05. The fraction of sp³-hybridized carbons (Fsp3) is 0.286. The largest absolute Gasteiger partial charge is 0.254 e. The number of thiazole rings is 1. The van der Waals surface area contributed by atoms with Crippen molar-refractivity contribution in [1.29, 1.82) is 0 Å². The summed E-state index contributed by atoms with van der Waals surface area (Å²) in [7, 11) is 0. The van der Waals surface area contributed by atoms with Crippen LogP contribution in [0.2, 0.25) is 0 Å². The van der Waals surface area contributed by atoms with Crippen LogP contribution in [0.5, 0.6) is 0 Å². The minimum Gasteiger partial charge on any atom is -0.254 e. The van der Waals surface area contributed by atoms with Gasteiger partial charge in [0.2, 0.25) is 0 Å². The molecule has 2 aromatic heterocycles. The van der Waals surface area contributed by atoms with Gasteiger partial charge in [0.05, 0.1) is 21.4 Å². The average Bonchev–Trinajstić information content (AvgIpc) is 2.72. The summed E-state index contributed by atoms with van der Waals surface area (Å²) in [5, 5.41) is 2.46. The van der Waals surface area contributed by atoms with Gasteiger partial charge in [-0.3, -0.25) is 4.98 Å². The molecule has 3 rings (SSSR count). The van der Waals surface area contributed by atoms with Crippen LogP contribution in [0.25, 0.3) is 21.1 Å². The lowest BCUT2D eigenvalue weighted by Crippen LogP contribution is -1.81. The van der Waals surface area contributed by atoms with Crippen LogP contribution in [0.15, 0.2) is 24.4 Å². The van der Waals surface area contributed by atoms with Crippen LogP contribution in [-0.4, -0.2) is 9.97 Å². The van der Waals surface area contributed by atoms with Crippen molar-refractivity contribution in [3.63, 3.8) is 0 Å². The van der Waals surface area contributed by atoms with Crippen molar-refractivity contribution in [3.05, 3.63) is 35.0 Å².